The topological polar surface area (TPSA) is 9.23 Å². The molecule has 0 aliphatic heterocycles. The van der Waals surface area contributed by atoms with Crippen LogP contribution in [0, 0.1) is 0 Å². The van der Waals surface area contributed by atoms with Crippen LogP contribution in [-0.4, -0.2) is 17.5 Å². The summed E-state index contributed by atoms with van der Waals surface area (Å²) in [6.45, 7) is 3.07. The van der Waals surface area contributed by atoms with Crippen molar-refractivity contribution in [1.29, 1.82) is 0 Å². The van der Waals surface area contributed by atoms with E-state index in [-0.39, 0.29) is 0 Å². The first-order valence-electron chi connectivity index (χ1n) is 4.10. The van der Waals surface area contributed by atoms with Crippen molar-refractivity contribution in [3.63, 3.8) is 0 Å². The number of rotatable bonds is 3. The van der Waals surface area contributed by atoms with Gasteiger partial charge in [0.25, 0.3) is 0 Å². The van der Waals surface area contributed by atoms with E-state index in [0.717, 1.165) is 13.0 Å². The molecular weight excluding hydrogens is 192 g/mol. The van der Waals surface area contributed by atoms with E-state index in [1.807, 2.05) is 0 Å². The van der Waals surface area contributed by atoms with Crippen molar-refractivity contribution >= 4 is 15.9 Å². The van der Waals surface area contributed by atoms with Crippen LogP contribution in [0.4, 0.5) is 0 Å². The summed E-state index contributed by atoms with van der Waals surface area (Å²) in [4.78, 5) is 0.624. The molecular formula is C8H15BrO. The first-order valence-corrected chi connectivity index (χ1v) is 5.02. The lowest BCUT2D eigenvalue weighted by Gasteiger charge is -2.13. The van der Waals surface area contributed by atoms with Crippen LogP contribution >= 0.6 is 15.9 Å². The van der Waals surface area contributed by atoms with E-state index in [9.17, 15) is 0 Å². The molecule has 1 rings (SSSR count). The normalized spacial score (nSPS) is 33.0. The van der Waals surface area contributed by atoms with Crippen molar-refractivity contribution in [2.45, 2.75) is 43.5 Å². The van der Waals surface area contributed by atoms with E-state index >= 15 is 0 Å². The van der Waals surface area contributed by atoms with Gasteiger partial charge in [0.05, 0.1) is 6.10 Å². The maximum atomic E-state index is 5.62. The highest BCUT2D eigenvalue weighted by molar-refractivity contribution is 9.09. The SMILES string of the molecule is CCCOC1CCCC1Br. The first-order chi connectivity index (χ1) is 4.84. The van der Waals surface area contributed by atoms with Gasteiger partial charge in [-0.1, -0.05) is 22.9 Å². The molecule has 0 aromatic carbocycles. The predicted octanol–water partition coefficient (Wildman–Crippen LogP) is 2.73. The van der Waals surface area contributed by atoms with Gasteiger partial charge in [0.1, 0.15) is 0 Å². The van der Waals surface area contributed by atoms with Crippen molar-refractivity contribution in [3.8, 4) is 0 Å². The predicted molar refractivity (Wildman–Crippen MR) is 46.6 cm³/mol. The maximum absolute atomic E-state index is 5.62. The second-order valence-electron chi connectivity index (χ2n) is 2.86. The van der Waals surface area contributed by atoms with Gasteiger partial charge in [0.15, 0.2) is 0 Å². The standard InChI is InChI=1S/C8H15BrO/c1-2-6-10-8-5-3-4-7(8)9/h7-8H,2-6H2,1H3. The summed E-state index contributed by atoms with van der Waals surface area (Å²) in [6.07, 6.45) is 5.49. The van der Waals surface area contributed by atoms with Crippen LogP contribution < -0.4 is 0 Å². The van der Waals surface area contributed by atoms with Gasteiger partial charge < -0.3 is 4.74 Å². The molecule has 0 saturated heterocycles. The molecule has 0 bridgehead atoms. The monoisotopic (exact) mass is 206 g/mol. The Morgan fingerprint density at radius 2 is 2.30 bits per heavy atom. The fourth-order valence-electron chi connectivity index (χ4n) is 1.34. The zero-order valence-electron chi connectivity index (χ0n) is 6.48. The van der Waals surface area contributed by atoms with Crippen molar-refractivity contribution in [2.75, 3.05) is 6.61 Å². The molecule has 0 spiro atoms. The number of hydrogen-bond acceptors (Lipinski definition) is 1. The Kier molecular flexibility index (Phi) is 3.71. The summed E-state index contributed by atoms with van der Waals surface area (Å²) in [5.74, 6) is 0. The molecule has 1 fully saturated rings. The van der Waals surface area contributed by atoms with Gasteiger partial charge in [-0.05, 0) is 25.7 Å². The minimum atomic E-state index is 0.500. The molecule has 1 nitrogen and oxygen atoms in total. The minimum absolute atomic E-state index is 0.500. The molecule has 0 aromatic rings. The van der Waals surface area contributed by atoms with E-state index in [1.165, 1.54) is 19.3 Å². The van der Waals surface area contributed by atoms with Crippen molar-refractivity contribution in [1.82, 2.24) is 0 Å². The Morgan fingerprint density at radius 1 is 1.50 bits per heavy atom. The van der Waals surface area contributed by atoms with Crippen LogP contribution in [0.3, 0.4) is 0 Å². The lowest BCUT2D eigenvalue weighted by Crippen LogP contribution is -2.17. The molecule has 1 aliphatic carbocycles. The fourth-order valence-corrected chi connectivity index (χ4v) is 2.08. The molecule has 0 radical (unpaired) electrons. The molecule has 0 N–H and O–H groups in total. The van der Waals surface area contributed by atoms with Crippen molar-refractivity contribution in [3.05, 3.63) is 0 Å². The Labute approximate surface area is 71.3 Å². The van der Waals surface area contributed by atoms with Gasteiger partial charge in [-0.3, -0.25) is 0 Å². The van der Waals surface area contributed by atoms with Crippen molar-refractivity contribution < 1.29 is 4.74 Å². The lowest BCUT2D eigenvalue weighted by atomic mass is 10.3. The third kappa shape index (κ3) is 2.24. The Morgan fingerprint density at radius 3 is 2.80 bits per heavy atom. The highest BCUT2D eigenvalue weighted by atomic mass is 79.9. The highest BCUT2D eigenvalue weighted by Crippen LogP contribution is 2.27. The minimum Gasteiger partial charge on any atom is -0.377 e. The van der Waals surface area contributed by atoms with Gasteiger partial charge in [-0.15, -0.1) is 0 Å². The summed E-state index contributed by atoms with van der Waals surface area (Å²) in [5, 5.41) is 0. The summed E-state index contributed by atoms with van der Waals surface area (Å²) >= 11 is 3.61. The van der Waals surface area contributed by atoms with Crippen LogP contribution in [0.15, 0.2) is 0 Å². The quantitative estimate of drug-likeness (QED) is 0.646. The van der Waals surface area contributed by atoms with E-state index in [0.29, 0.717) is 10.9 Å². The number of hydrogen-bond donors (Lipinski definition) is 0. The Balaban J connectivity index is 2.14. The summed E-state index contributed by atoms with van der Waals surface area (Å²) < 4.78 is 5.62. The smallest absolute Gasteiger partial charge is 0.0700 e. The van der Waals surface area contributed by atoms with E-state index in [4.69, 9.17) is 4.74 Å². The van der Waals surface area contributed by atoms with E-state index in [2.05, 4.69) is 22.9 Å². The van der Waals surface area contributed by atoms with Gasteiger partial charge in [-0.25, -0.2) is 0 Å². The van der Waals surface area contributed by atoms with Crippen LogP contribution in [-0.2, 0) is 4.74 Å². The second-order valence-corrected chi connectivity index (χ2v) is 4.03. The molecule has 60 valence electrons. The summed E-state index contributed by atoms with van der Waals surface area (Å²) in [7, 11) is 0. The van der Waals surface area contributed by atoms with E-state index in [1.54, 1.807) is 0 Å². The summed E-state index contributed by atoms with van der Waals surface area (Å²) in [6, 6.07) is 0. The van der Waals surface area contributed by atoms with Crippen LogP contribution in [0.1, 0.15) is 32.6 Å². The third-order valence-electron chi connectivity index (χ3n) is 1.91. The van der Waals surface area contributed by atoms with Crippen molar-refractivity contribution in [2.24, 2.45) is 0 Å². The molecule has 10 heavy (non-hydrogen) atoms. The number of alkyl halides is 1. The second kappa shape index (κ2) is 4.35. The number of ether oxygens (including phenoxy) is 1. The van der Waals surface area contributed by atoms with Crippen LogP contribution in [0.2, 0.25) is 0 Å². The molecule has 0 heterocycles. The average Bonchev–Trinajstić information content (AvgIpc) is 2.31. The molecule has 1 aliphatic rings. The van der Waals surface area contributed by atoms with Crippen LogP contribution in [0.5, 0.6) is 0 Å². The average molecular weight is 207 g/mol. The molecule has 1 saturated carbocycles. The Bertz CT molecular complexity index is 95.3. The van der Waals surface area contributed by atoms with Gasteiger partial charge >= 0.3 is 0 Å². The molecule has 2 atom stereocenters. The van der Waals surface area contributed by atoms with Gasteiger partial charge in [0.2, 0.25) is 0 Å². The van der Waals surface area contributed by atoms with Crippen LogP contribution in [0.25, 0.3) is 0 Å². The summed E-state index contributed by atoms with van der Waals surface area (Å²) in [5.41, 5.74) is 0. The zero-order valence-corrected chi connectivity index (χ0v) is 8.06. The lowest BCUT2D eigenvalue weighted by molar-refractivity contribution is 0.0633. The molecule has 2 unspecified atom stereocenters. The van der Waals surface area contributed by atoms with Gasteiger partial charge in [-0.2, -0.15) is 0 Å². The zero-order chi connectivity index (χ0) is 7.40. The maximum Gasteiger partial charge on any atom is 0.0700 e. The third-order valence-corrected chi connectivity index (χ3v) is 2.96. The Hall–Kier alpha value is 0.440. The largest absolute Gasteiger partial charge is 0.377 e. The molecule has 0 aromatic heterocycles. The van der Waals surface area contributed by atoms with Gasteiger partial charge in [0, 0.05) is 11.4 Å². The molecule has 0 amide bonds. The van der Waals surface area contributed by atoms with E-state index < -0.39 is 0 Å². The molecule has 2 heteroatoms. The number of halogens is 1. The highest BCUT2D eigenvalue weighted by Gasteiger charge is 2.24. The fraction of sp³-hybridized carbons (Fsp3) is 1.00. The first kappa shape index (κ1) is 8.54.